The molecule has 1 amide bonds. The highest BCUT2D eigenvalue weighted by atomic mass is 16.5. The molecule has 1 unspecified atom stereocenters. The molecule has 4 rings (SSSR count). The van der Waals surface area contributed by atoms with E-state index in [-0.39, 0.29) is 17.8 Å². The number of rotatable bonds is 9. The van der Waals surface area contributed by atoms with Crippen molar-refractivity contribution in [3.8, 4) is 11.5 Å². The summed E-state index contributed by atoms with van der Waals surface area (Å²) < 4.78 is 10.8. The molecule has 0 saturated carbocycles. The number of methoxy groups -OCH3 is 1. The van der Waals surface area contributed by atoms with E-state index in [1.165, 1.54) is 12.4 Å². The van der Waals surface area contributed by atoms with Gasteiger partial charge in [0.15, 0.2) is 0 Å². The lowest BCUT2D eigenvalue weighted by molar-refractivity contribution is -0.125. The minimum Gasteiger partial charge on any atom is -0.457 e. The SMILES string of the molecule is COCC=CC(=O)N1CCC(Nc2ncnc(N)c2C(=[NH2+])c2ccc(Oc3ccccc3)cc2)C1. The highest BCUT2D eigenvalue weighted by molar-refractivity contribution is 6.14. The monoisotopic (exact) mass is 473 g/mol. The Bertz CT molecular complexity index is 1200. The summed E-state index contributed by atoms with van der Waals surface area (Å²) in [5, 5.41) is 9.93. The number of para-hydroxylation sites is 1. The maximum absolute atomic E-state index is 12.4. The molecule has 1 fully saturated rings. The van der Waals surface area contributed by atoms with Crippen molar-refractivity contribution in [3.05, 3.63) is 84.2 Å². The maximum Gasteiger partial charge on any atom is 0.246 e. The predicted molar refractivity (Wildman–Crippen MR) is 134 cm³/mol. The van der Waals surface area contributed by atoms with Crippen LogP contribution in [0, 0.1) is 0 Å². The molecular formula is C26H29N6O3+. The first-order valence-corrected chi connectivity index (χ1v) is 11.3. The molecule has 1 saturated heterocycles. The molecule has 1 aliphatic heterocycles. The summed E-state index contributed by atoms with van der Waals surface area (Å²) >= 11 is 0. The van der Waals surface area contributed by atoms with Crippen molar-refractivity contribution in [2.75, 3.05) is 37.9 Å². The number of nitrogen functional groups attached to an aromatic ring is 1. The molecule has 1 aliphatic rings. The summed E-state index contributed by atoms with van der Waals surface area (Å²) in [5.74, 6) is 2.21. The number of anilines is 2. The molecule has 0 radical (unpaired) electrons. The Labute approximate surface area is 204 Å². The second kappa shape index (κ2) is 11.3. The van der Waals surface area contributed by atoms with E-state index in [2.05, 4.69) is 15.3 Å². The molecule has 0 bridgehead atoms. The first-order chi connectivity index (χ1) is 17.0. The minimum atomic E-state index is -0.0438. The van der Waals surface area contributed by atoms with E-state index in [9.17, 15) is 4.79 Å². The fourth-order valence-electron chi connectivity index (χ4n) is 3.87. The third-order valence-corrected chi connectivity index (χ3v) is 5.65. The highest BCUT2D eigenvalue weighted by Crippen LogP contribution is 2.25. The number of nitrogens with zero attached hydrogens (tertiary/aromatic N) is 3. The van der Waals surface area contributed by atoms with E-state index >= 15 is 0 Å². The van der Waals surface area contributed by atoms with Crippen LogP contribution in [0.2, 0.25) is 0 Å². The van der Waals surface area contributed by atoms with Crippen LogP contribution in [-0.2, 0) is 9.53 Å². The zero-order valence-corrected chi connectivity index (χ0v) is 19.6. The number of likely N-dealkylation sites (tertiary alicyclic amines) is 1. The smallest absolute Gasteiger partial charge is 0.246 e. The quantitative estimate of drug-likeness (QED) is 0.318. The number of hydrogen-bond acceptors (Lipinski definition) is 7. The van der Waals surface area contributed by atoms with Crippen LogP contribution in [0.25, 0.3) is 0 Å². The molecule has 1 aromatic heterocycles. The Hall–Kier alpha value is -4.24. The first-order valence-electron chi connectivity index (χ1n) is 11.3. The lowest BCUT2D eigenvalue weighted by Gasteiger charge is -2.17. The van der Waals surface area contributed by atoms with Gasteiger partial charge in [-0.1, -0.05) is 24.3 Å². The van der Waals surface area contributed by atoms with Crippen LogP contribution in [0.4, 0.5) is 11.6 Å². The van der Waals surface area contributed by atoms with E-state index in [1.54, 1.807) is 18.1 Å². The lowest BCUT2D eigenvalue weighted by Crippen LogP contribution is -2.42. The summed E-state index contributed by atoms with van der Waals surface area (Å²) in [7, 11) is 1.59. The topological polar surface area (TPSA) is 128 Å². The number of aromatic nitrogens is 2. The van der Waals surface area contributed by atoms with Gasteiger partial charge in [-0.2, -0.15) is 0 Å². The van der Waals surface area contributed by atoms with Gasteiger partial charge in [0.25, 0.3) is 0 Å². The van der Waals surface area contributed by atoms with Crippen molar-refractivity contribution in [2.45, 2.75) is 12.5 Å². The van der Waals surface area contributed by atoms with Gasteiger partial charge >= 0.3 is 0 Å². The fourth-order valence-corrected chi connectivity index (χ4v) is 3.87. The normalized spacial score (nSPS) is 15.3. The van der Waals surface area contributed by atoms with Crippen molar-refractivity contribution in [1.82, 2.24) is 14.9 Å². The van der Waals surface area contributed by atoms with Gasteiger partial charge < -0.3 is 25.4 Å². The van der Waals surface area contributed by atoms with Crippen molar-refractivity contribution in [2.24, 2.45) is 0 Å². The standard InChI is InChI=1S/C26H28N6O3/c1-34-15-5-8-22(33)32-14-13-19(16-32)31-26-23(25(28)29-17-30-26)24(27)18-9-11-21(12-10-18)35-20-6-3-2-4-7-20/h2-12,17,19,27H,13-16H2,1H3,(H3,28,29,30,31)/p+1. The number of ether oxygens (including phenoxy) is 2. The summed E-state index contributed by atoms with van der Waals surface area (Å²) in [5.41, 5.74) is 7.96. The average molecular weight is 474 g/mol. The van der Waals surface area contributed by atoms with E-state index in [1.807, 2.05) is 54.6 Å². The average Bonchev–Trinajstić information content (AvgIpc) is 3.34. The van der Waals surface area contributed by atoms with Gasteiger partial charge in [0.05, 0.1) is 6.61 Å². The Balaban J connectivity index is 1.45. The Morgan fingerprint density at radius 3 is 2.66 bits per heavy atom. The van der Waals surface area contributed by atoms with Crippen molar-refractivity contribution >= 4 is 23.3 Å². The molecule has 9 nitrogen and oxygen atoms in total. The molecule has 180 valence electrons. The van der Waals surface area contributed by atoms with Gasteiger partial charge in [-0.3, -0.25) is 10.2 Å². The van der Waals surface area contributed by atoms with E-state index in [0.717, 1.165) is 17.7 Å². The van der Waals surface area contributed by atoms with Crippen LogP contribution in [0.1, 0.15) is 17.5 Å². The maximum atomic E-state index is 12.4. The van der Waals surface area contributed by atoms with Crippen LogP contribution in [0.15, 0.2) is 73.1 Å². The number of hydrogen-bond donors (Lipinski definition) is 3. The highest BCUT2D eigenvalue weighted by Gasteiger charge is 2.28. The number of carbonyl (C=O) groups excluding carboxylic acids is 1. The van der Waals surface area contributed by atoms with Crippen LogP contribution in [0.5, 0.6) is 11.5 Å². The largest absolute Gasteiger partial charge is 0.457 e. The third kappa shape index (κ3) is 6.01. The lowest BCUT2D eigenvalue weighted by atomic mass is 10.0. The zero-order chi connectivity index (χ0) is 24.6. The number of nitrogens with two attached hydrogens (primary N) is 2. The Morgan fingerprint density at radius 1 is 1.17 bits per heavy atom. The predicted octanol–water partition coefficient (Wildman–Crippen LogP) is 1.66. The second-order valence-electron chi connectivity index (χ2n) is 8.11. The molecule has 35 heavy (non-hydrogen) atoms. The molecule has 9 heteroatoms. The van der Waals surface area contributed by atoms with Crippen LogP contribution >= 0.6 is 0 Å². The number of benzene rings is 2. The summed E-state index contributed by atoms with van der Waals surface area (Å²) in [6.07, 6.45) is 5.42. The molecule has 0 spiro atoms. The minimum absolute atomic E-state index is 0.0114. The molecule has 0 aliphatic carbocycles. The fraction of sp³-hybridized carbons (Fsp3) is 0.231. The molecule has 3 aromatic rings. The van der Waals surface area contributed by atoms with Crippen molar-refractivity contribution in [3.63, 3.8) is 0 Å². The van der Waals surface area contributed by atoms with Gasteiger partial charge in [-0.25, -0.2) is 9.97 Å². The number of amides is 1. The molecule has 2 aromatic carbocycles. The van der Waals surface area contributed by atoms with E-state index in [0.29, 0.717) is 42.5 Å². The molecular weight excluding hydrogens is 444 g/mol. The number of nitrogens with one attached hydrogen (secondary N) is 1. The van der Waals surface area contributed by atoms with Crippen molar-refractivity contribution < 1.29 is 19.7 Å². The van der Waals surface area contributed by atoms with Gasteiger partial charge in [-0.15, -0.1) is 0 Å². The van der Waals surface area contributed by atoms with Crippen LogP contribution < -0.4 is 21.2 Å². The molecule has 1 atom stereocenters. The van der Waals surface area contributed by atoms with E-state index in [4.69, 9.17) is 20.6 Å². The molecule has 2 heterocycles. The first kappa shape index (κ1) is 23.9. The van der Waals surface area contributed by atoms with Crippen LogP contribution in [-0.4, -0.2) is 59.3 Å². The summed E-state index contributed by atoms with van der Waals surface area (Å²) in [6.45, 7) is 1.59. The van der Waals surface area contributed by atoms with Gasteiger partial charge in [0.2, 0.25) is 11.6 Å². The number of carbonyl (C=O) groups is 1. The summed E-state index contributed by atoms with van der Waals surface area (Å²) in [6, 6.07) is 17.0. The van der Waals surface area contributed by atoms with Crippen molar-refractivity contribution in [1.29, 1.82) is 0 Å². The van der Waals surface area contributed by atoms with E-state index < -0.39 is 0 Å². The second-order valence-corrected chi connectivity index (χ2v) is 8.11. The van der Waals surface area contributed by atoms with Crippen LogP contribution in [0.3, 0.4) is 0 Å². The Kier molecular flexibility index (Phi) is 7.69. The Morgan fingerprint density at radius 2 is 1.91 bits per heavy atom. The van der Waals surface area contributed by atoms with Gasteiger partial charge in [0.1, 0.15) is 35.0 Å². The molecule has 5 N–H and O–H groups in total. The zero-order valence-electron chi connectivity index (χ0n) is 19.6. The van der Waals surface area contributed by atoms with Gasteiger partial charge in [0, 0.05) is 37.9 Å². The van der Waals surface area contributed by atoms with Gasteiger partial charge in [-0.05, 0) is 42.8 Å². The summed E-state index contributed by atoms with van der Waals surface area (Å²) in [4.78, 5) is 22.7. The third-order valence-electron chi connectivity index (χ3n) is 5.65.